The number of imidazole rings is 1. The molecular weight excluding hydrogens is 447 g/mol. The van der Waals surface area contributed by atoms with Gasteiger partial charge in [-0.2, -0.15) is 0 Å². The van der Waals surface area contributed by atoms with Gasteiger partial charge < -0.3 is 30.2 Å². The highest BCUT2D eigenvalue weighted by Crippen LogP contribution is 2.33. The van der Waals surface area contributed by atoms with E-state index in [4.69, 9.17) is 14.6 Å². The van der Waals surface area contributed by atoms with Crippen LogP contribution in [-0.2, 0) is 19.1 Å². The molecule has 178 valence electrons. The number of benzene rings is 1. The quantitative estimate of drug-likeness (QED) is 0.387. The van der Waals surface area contributed by atoms with Crippen molar-refractivity contribution in [3.8, 4) is 22.6 Å². The molecule has 34 heavy (non-hydrogen) atoms. The predicted molar refractivity (Wildman–Crippen MR) is 118 cm³/mol. The smallest absolute Gasteiger partial charge is 0.322 e. The molecule has 4 rings (SSSR count). The molecule has 1 aromatic carbocycles. The number of carboxylic acids is 1. The molecule has 0 atom stereocenters. The second-order valence-corrected chi connectivity index (χ2v) is 7.67. The van der Waals surface area contributed by atoms with Crippen LogP contribution in [0.2, 0.25) is 0 Å². The molecule has 0 spiro atoms. The molecule has 3 aromatic rings. The zero-order chi connectivity index (χ0) is 24.1. The fourth-order valence-corrected chi connectivity index (χ4v) is 3.35. The summed E-state index contributed by atoms with van der Waals surface area (Å²) in [5.41, 5.74) is 2.08. The summed E-state index contributed by atoms with van der Waals surface area (Å²) in [5, 5.41) is 14.3. The van der Waals surface area contributed by atoms with Crippen LogP contribution < -0.4 is 10.6 Å². The van der Waals surface area contributed by atoms with Crippen molar-refractivity contribution in [2.75, 3.05) is 31.6 Å². The number of carbonyl (C=O) groups excluding carboxylic acids is 1. The van der Waals surface area contributed by atoms with Gasteiger partial charge in [-0.05, 0) is 30.3 Å². The lowest BCUT2D eigenvalue weighted by atomic mass is 10.1. The first-order valence-corrected chi connectivity index (χ1v) is 10.5. The molecule has 2 aromatic heterocycles. The first kappa shape index (κ1) is 23.3. The second-order valence-electron chi connectivity index (χ2n) is 7.67. The van der Waals surface area contributed by atoms with Crippen LogP contribution in [0.1, 0.15) is 19.0 Å². The van der Waals surface area contributed by atoms with E-state index in [1.54, 1.807) is 18.2 Å². The number of nitrogens with zero attached hydrogens (tertiary/aromatic N) is 3. The minimum Gasteiger partial charge on any atom is -0.480 e. The Labute approximate surface area is 193 Å². The minimum absolute atomic E-state index is 0.0101. The number of aromatic nitrogens is 4. The number of carbonyl (C=O) groups is 2. The molecule has 0 saturated carbocycles. The topological polar surface area (TPSA) is 151 Å². The summed E-state index contributed by atoms with van der Waals surface area (Å²) in [6, 6.07) is 7.48. The first-order valence-electron chi connectivity index (χ1n) is 10.5. The molecule has 0 unspecified atom stereocenters. The molecule has 1 fully saturated rings. The van der Waals surface area contributed by atoms with E-state index in [-0.39, 0.29) is 30.1 Å². The van der Waals surface area contributed by atoms with E-state index in [1.807, 2.05) is 0 Å². The Bertz CT molecular complexity index is 1160. The summed E-state index contributed by atoms with van der Waals surface area (Å²) in [5.74, 6) is -1.02. The van der Waals surface area contributed by atoms with E-state index in [9.17, 15) is 14.0 Å². The average Bonchev–Trinajstić information content (AvgIpc) is 3.28. The average molecular weight is 470 g/mol. The van der Waals surface area contributed by atoms with Gasteiger partial charge in [0.2, 0.25) is 18.1 Å². The number of hydrogen-bond donors (Lipinski definition) is 4. The fourth-order valence-electron chi connectivity index (χ4n) is 3.35. The lowest BCUT2D eigenvalue weighted by Gasteiger charge is -2.28. The number of halogens is 1. The van der Waals surface area contributed by atoms with E-state index < -0.39 is 12.3 Å². The maximum atomic E-state index is 13.5. The van der Waals surface area contributed by atoms with Crippen LogP contribution in [0.25, 0.3) is 22.6 Å². The van der Waals surface area contributed by atoms with Crippen molar-refractivity contribution >= 4 is 17.8 Å². The second kappa shape index (κ2) is 10.4. The van der Waals surface area contributed by atoms with Crippen LogP contribution in [0.4, 0.5) is 10.3 Å². The third-order valence-electron chi connectivity index (χ3n) is 4.98. The lowest BCUT2D eigenvalue weighted by Crippen LogP contribution is -2.36. The number of aromatic amines is 1. The maximum absolute atomic E-state index is 13.5. The van der Waals surface area contributed by atoms with Crippen molar-refractivity contribution in [3.63, 3.8) is 0 Å². The molecule has 1 aliphatic rings. The monoisotopic (exact) mass is 470 g/mol. The molecule has 4 N–H and O–H groups in total. The third-order valence-corrected chi connectivity index (χ3v) is 4.98. The SMILES string of the molecule is CC(=O)NCC1COC(c2nc(-c3ccc(F)cc3)c(-c3ccnc(NCC(=O)O)n3)[nH]2)OC1. The van der Waals surface area contributed by atoms with Crippen LogP contribution in [-0.4, -0.2) is 63.2 Å². The van der Waals surface area contributed by atoms with Crippen molar-refractivity contribution in [1.29, 1.82) is 0 Å². The molecule has 0 aliphatic carbocycles. The zero-order valence-corrected chi connectivity index (χ0v) is 18.2. The summed E-state index contributed by atoms with van der Waals surface area (Å²) in [7, 11) is 0. The molecule has 11 nitrogen and oxygen atoms in total. The van der Waals surface area contributed by atoms with Crippen molar-refractivity contribution in [2.24, 2.45) is 5.92 Å². The molecule has 0 radical (unpaired) electrons. The Morgan fingerprint density at radius 1 is 1.18 bits per heavy atom. The van der Waals surface area contributed by atoms with Crippen molar-refractivity contribution in [2.45, 2.75) is 13.2 Å². The van der Waals surface area contributed by atoms with Crippen LogP contribution in [0.5, 0.6) is 0 Å². The van der Waals surface area contributed by atoms with Gasteiger partial charge in [-0.15, -0.1) is 0 Å². The van der Waals surface area contributed by atoms with Crippen molar-refractivity contribution in [1.82, 2.24) is 25.3 Å². The number of anilines is 1. The number of carboxylic acid groups (broad SMARTS) is 1. The third kappa shape index (κ3) is 5.71. The van der Waals surface area contributed by atoms with Gasteiger partial charge in [0.05, 0.1) is 30.3 Å². The van der Waals surface area contributed by atoms with Crippen LogP contribution in [0, 0.1) is 11.7 Å². The number of ether oxygens (including phenoxy) is 2. The normalized spacial score (nSPS) is 17.8. The molecular formula is C22H23FN6O5. The van der Waals surface area contributed by atoms with E-state index >= 15 is 0 Å². The van der Waals surface area contributed by atoms with Crippen molar-refractivity contribution < 1.29 is 28.6 Å². The fraction of sp³-hybridized carbons (Fsp3) is 0.318. The highest BCUT2D eigenvalue weighted by atomic mass is 19.1. The maximum Gasteiger partial charge on any atom is 0.322 e. The van der Waals surface area contributed by atoms with Crippen LogP contribution in [0.15, 0.2) is 36.5 Å². The number of H-pyrrole nitrogens is 1. The Hall–Kier alpha value is -3.90. The Balaban J connectivity index is 1.61. The minimum atomic E-state index is -1.05. The van der Waals surface area contributed by atoms with E-state index in [0.29, 0.717) is 48.2 Å². The van der Waals surface area contributed by atoms with Gasteiger partial charge in [-0.3, -0.25) is 9.59 Å². The Morgan fingerprint density at radius 3 is 2.59 bits per heavy atom. The van der Waals surface area contributed by atoms with Gasteiger partial charge >= 0.3 is 5.97 Å². The molecule has 1 aliphatic heterocycles. The highest BCUT2D eigenvalue weighted by molar-refractivity contribution is 5.77. The zero-order valence-electron chi connectivity index (χ0n) is 18.2. The molecule has 0 bridgehead atoms. The van der Waals surface area contributed by atoms with E-state index in [2.05, 4.69) is 30.6 Å². The summed E-state index contributed by atoms with van der Waals surface area (Å²) < 4.78 is 25.1. The number of aliphatic carboxylic acids is 1. The Morgan fingerprint density at radius 2 is 1.91 bits per heavy atom. The van der Waals surface area contributed by atoms with Gasteiger partial charge in [0, 0.05) is 31.1 Å². The Kier molecular flexibility index (Phi) is 7.09. The summed E-state index contributed by atoms with van der Waals surface area (Å²) in [4.78, 5) is 38.2. The first-order chi connectivity index (χ1) is 16.4. The lowest BCUT2D eigenvalue weighted by molar-refractivity contribution is -0.207. The van der Waals surface area contributed by atoms with Crippen molar-refractivity contribution in [3.05, 3.63) is 48.2 Å². The molecule has 3 heterocycles. The molecule has 1 amide bonds. The summed E-state index contributed by atoms with van der Waals surface area (Å²) in [6.45, 7) is 2.28. The standard InChI is InChI=1S/C22H23FN6O5/c1-12(30)25-8-13-10-33-21(34-11-13)20-28-18(14-2-4-15(23)5-3-14)19(29-20)16-6-7-24-22(27-16)26-9-17(31)32/h2-7,13,21H,8-11H2,1H3,(H,25,30)(H,28,29)(H,31,32)(H,24,26,27). The van der Waals surface area contributed by atoms with Gasteiger partial charge in [0.25, 0.3) is 0 Å². The van der Waals surface area contributed by atoms with E-state index in [0.717, 1.165) is 0 Å². The van der Waals surface area contributed by atoms with Gasteiger partial charge in [0.15, 0.2) is 5.82 Å². The van der Waals surface area contributed by atoms with Gasteiger partial charge in [-0.1, -0.05) is 0 Å². The number of rotatable bonds is 8. The van der Waals surface area contributed by atoms with Gasteiger partial charge in [0.1, 0.15) is 12.4 Å². The predicted octanol–water partition coefficient (Wildman–Crippen LogP) is 1.97. The van der Waals surface area contributed by atoms with Crippen LogP contribution in [0.3, 0.4) is 0 Å². The summed E-state index contributed by atoms with van der Waals surface area (Å²) >= 11 is 0. The number of amides is 1. The van der Waals surface area contributed by atoms with Crippen LogP contribution >= 0.6 is 0 Å². The highest BCUT2D eigenvalue weighted by Gasteiger charge is 2.28. The molecule has 12 heteroatoms. The largest absolute Gasteiger partial charge is 0.480 e. The molecule has 1 saturated heterocycles. The number of nitrogens with one attached hydrogen (secondary N) is 3. The van der Waals surface area contributed by atoms with E-state index in [1.165, 1.54) is 25.3 Å². The number of hydrogen-bond acceptors (Lipinski definition) is 8. The summed E-state index contributed by atoms with van der Waals surface area (Å²) in [6.07, 6.45) is 0.717. The van der Waals surface area contributed by atoms with Gasteiger partial charge in [-0.25, -0.2) is 19.3 Å².